The zero-order valence-electron chi connectivity index (χ0n) is 19.4. The van der Waals surface area contributed by atoms with Crippen LogP contribution in [0.25, 0.3) is 0 Å². The van der Waals surface area contributed by atoms with Crippen molar-refractivity contribution in [3.63, 3.8) is 0 Å². The van der Waals surface area contributed by atoms with Crippen molar-refractivity contribution >= 4 is 11.8 Å². The second kappa shape index (κ2) is 10.7. The van der Waals surface area contributed by atoms with E-state index in [0.717, 1.165) is 38.2 Å². The first-order valence-electron chi connectivity index (χ1n) is 11.5. The third-order valence-corrected chi connectivity index (χ3v) is 6.32. The number of hydrogen-bond donors (Lipinski definition) is 1. The Labute approximate surface area is 192 Å². The number of nitrogens with zero attached hydrogens (tertiary/aromatic N) is 2. The largest absolute Gasteiger partial charge is 0.350 e. The van der Waals surface area contributed by atoms with Gasteiger partial charge in [0.1, 0.15) is 22.8 Å². The average Bonchev–Trinajstić information content (AvgIpc) is 3.10. The van der Waals surface area contributed by atoms with Crippen LogP contribution < -0.4 is 10.7 Å². The Balaban J connectivity index is 1.94. The summed E-state index contributed by atoms with van der Waals surface area (Å²) in [5, 5.41) is 2.45. The molecule has 2 heterocycles. The third-order valence-electron chi connectivity index (χ3n) is 6.32. The molecule has 6 nitrogen and oxygen atoms in total. The van der Waals surface area contributed by atoms with Gasteiger partial charge in [0.25, 0.3) is 11.8 Å². The van der Waals surface area contributed by atoms with Gasteiger partial charge in [0.05, 0.1) is 0 Å². The van der Waals surface area contributed by atoms with E-state index in [1.165, 1.54) is 25.4 Å². The molecule has 1 aliphatic heterocycles. The summed E-state index contributed by atoms with van der Waals surface area (Å²) in [5.41, 5.74) is -0.971. The van der Waals surface area contributed by atoms with Gasteiger partial charge in [0.2, 0.25) is 5.43 Å². The van der Waals surface area contributed by atoms with E-state index in [1.807, 2.05) is 13.8 Å². The predicted octanol–water partition coefficient (Wildman–Crippen LogP) is 4.35. The van der Waals surface area contributed by atoms with E-state index in [-0.39, 0.29) is 34.2 Å². The number of rotatable bonds is 6. The SMILES string of the molecule is CC[C@@H](C)n1cc(C(=O)NCc2c(F)ccc(C)c2F)c(=O)c(C(=O)N2CCCCCC2)c1. The van der Waals surface area contributed by atoms with Crippen LogP contribution in [0.15, 0.2) is 29.3 Å². The van der Waals surface area contributed by atoms with Crippen LogP contribution in [0.2, 0.25) is 0 Å². The third kappa shape index (κ3) is 5.49. The van der Waals surface area contributed by atoms with Gasteiger partial charge in [-0.2, -0.15) is 0 Å². The number of benzene rings is 1. The Morgan fingerprint density at radius 2 is 1.70 bits per heavy atom. The van der Waals surface area contributed by atoms with E-state index in [9.17, 15) is 23.2 Å². The summed E-state index contributed by atoms with van der Waals surface area (Å²) in [6.45, 7) is 6.12. The fourth-order valence-corrected chi connectivity index (χ4v) is 3.96. The lowest BCUT2D eigenvalue weighted by molar-refractivity contribution is 0.0759. The smallest absolute Gasteiger partial charge is 0.259 e. The number of nitrogens with one attached hydrogen (secondary N) is 1. The van der Waals surface area contributed by atoms with Gasteiger partial charge in [-0.15, -0.1) is 0 Å². The van der Waals surface area contributed by atoms with Crippen LogP contribution in [-0.2, 0) is 6.54 Å². The minimum absolute atomic E-state index is 0.0560. The summed E-state index contributed by atoms with van der Waals surface area (Å²) in [6, 6.07) is 2.40. The summed E-state index contributed by atoms with van der Waals surface area (Å²) >= 11 is 0. The minimum Gasteiger partial charge on any atom is -0.350 e. The molecule has 0 spiro atoms. The van der Waals surface area contributed by atoms with Crippen molar-refractivity contribution < 1.29 is 18.4 Å². The van der Waals surface area contributed by atoms with Crippen molar-refractivity contribution in [2.45, 2.75) is 65.5 Å². The first-order chi connectivity index (χ1) is 15.7. The number of aryl methyl sites for hydroxylation is 1. The quantitative estimate of drug-likeness (QED) is 0.698. The topological polar surface area (TPSA) is 71.4 Å². The second-order valence-corrected chi connectivity index (χ2v) is 8.67. The van der Waals surface area contributed by atoms with Gasteiger partial charge < -0.3 is 14.8 Å². The first-order valence-corrected chi connectivity index (χ1v) is 11.5. The summed E-state index contributed by atoms with van der Waals surface area (Å²) in [4.78, 5) is 41.0. The average molecular weight is 460 g/mol. The van der Waals surface area contributed by atoms with E-state index in [1.54, 1.807) is 9.47 Å². The number of likely N-dealkylation sites (tertiary alicyclic amines) is 1. The molecule has 0 unspecified atom stereocenters. The summed E-state index contributed by atoms with van der Waals surface area (Å²) in [6.07, 6.45) is 7.47. The van der Waals surface area contributed by atoms with Crippen molar-refractivity contribution in [1.29, 1.82) is 0 Å². The van der Waals surface area contributed by atoms with Gasteiger partial charge in [-0.1, -0.05) is 25.8 Å². The zero-order chi connectivity index (χ0) is 24.1. The van der Waals surface area contributed by atoms with Gasteiger partial charge in [0.15, 0.2) is 0 Å². The maximum absolute atomic E-state index is 14.3. The molecule has 1 fully saturated rings. The molecular formula is C25H31F2N3O3. The molecule has 1 N–H and O–H groups in total. The van der Waals surface area contributed by atoms with Crippen LogP contribution >= 0.6 is 0 Å². The van der Waals surface area contributed by atoms with Crippen LogP contribution in [0.1, 0.15) is 83.8 Å². The van der Waals surface area contributed by atoms with Gasteiger partial charge in [-0.25, -0.2) is 8.78 Å². The number of halogens is 2. The Morgan fingerprint density at radius 1 is 1.06 bits per heavy atom. The van der Waals surface area contributed by atoms with Crippen LogP contribution in [0.5, 0.6) is 0 Å². The number of amides is 2. The van der Waals surface area contributed by atoms with E-state index < -0.39 is 29.5 Å². The van der Waals surface area contributed by atoms with E-state index in [2.05, 4.69) is 5.32 Å². The molecule has 2 amide bonds. The second-order valence-electron chi connectivity index (χ2n) is 8.67. The highest BCUT2D eigenvalue weighted by Crippen LogP contribution is 2.17. The molecule has 33 heavy (non-hydrogen) atoms. The van der Waals surface area contributed by atoms with Crippen LogP contribution in [-0.4, -0.2) is 34.4 Å². The number of aromatic nitrogens is 1. The molecule has 1 atom stereocenters. The molecule has 1 saturated heterocycles. The standard InChI is InChI=1S/C25H31F2N3O3/c1-4-17(3)30-14-19(24(32)28-13-18-21(26)10-9-16(2)22(18)27)23(31)20(15-30)25(33)29-11-7-5-6-8-12-29/h9-10,14-15,17H,4-8,11-13H2,1-3H3,(H,28,32)/t17-/m1/s1. The van der Waals surface area contributed by atoms with Crippen molar-refractivity contribution in [1.82, 2.24) is 14.8 Å². The van der Waals surface area contributed by atoms with Crippen molar-refractivity contribution in [2.24, 2.45) is 0 Å². The molecule has 2 aromatic rings. The van der Waals surface area contributed by atoms with E-state index >= 15 is 0 Å². The molecule has 1 aromatic carbocycles. The number of hydrogen-bond acceptors (Lipinski definition) is 3. The first kappa shape index (κ1) is 24.6. The molecule has 0 saturated carbocycles. The van der Waals surface area contributed by atoms with Gasteiger partial charge in [-0.3, -0.25) is 14.4 Å². The van der Waals surface area contributed by atoms with Crippen LogP contribution in [0, 0.1) is 18.6 Å². The predicted molar refractivity (Wildman–Crippen MR) is 122 cm³/mol. The molecule has 178 valence electrons. The molecule has 1 aliphatic rings. The Morgan fingerprint density at radius 3 is 2.33 bits per heavy atom. The number of pyridine rings is 1. The molecule has 0 bridgehead atoms. The van der Waals surface area contributed by atoms with Crippen molar-refractivity contribution in [3.05, 3.63) is 68.6 Å². The van der Waals surface area contributed by atoms with Crippen LogP contribution in [0.4, 0.5) is 8.78 Å². The van der Waals surface area contributed by atoms with Crippen molar-refractivity contribution in [3.8, 4) is 0 Å². The number of carbonyl (C=O) groups excluding carboxylic acids is 2. The molecule has 0 aliphatic carbocycles. The Bertz CT molecular complexity index is 1090. The summed E-state index contributed by atoms with van der Waals surface area (Å²) in [7, 11) is 0. The highest BCUT2D eigenvalue weighted by Gasteiger charge is 2.25. The zero-order valence-corrected chi connectivity index (χ0v) is 19.4. The molecule has 3 rings (SSSR count). The van der Waals surface area contributed by atoms with Crippen LogP contribution in [0.3, 0.4) is 0 Å². The maximum atomic E-state index is 14.3. The van der Waals surface area contributed by atoms with Gasteiger partial charge in [0, 0.05) is 43.6 Å². The number of carbonyl (C=O) groups is 2. The van der Waals surface area contributed by atoms with Gasteiger partial charge in [-0.05, 0) is 44.7 Å². The Kier molecular flexibility index (Phi) is 8.00. The molecule has 1 aromatic heterocycles. The van der Waals surface area contributed by atoms with E-state index in [4.69, 9.17) is 0 Å². The maximum Gasteiger partial charge on any atom is 0.259 e. The van der Waals surface area contributed by atoms with E-state index in [0.29, 0.717) is 13.1 Å². The minimum atomic E-state index is -0.777. The summed E-state index contributed by atoms with van der Waals surface area (Å²) < 4.78 is 30.1. The summed E-state index contributed by atoms with van der Waals surface area (Å²) in [5.74, 6) is -2.68. The highest BCUT2D eigenvalue weighted by atomic mass is 19.1. The monoisotopic (exact) mass is 459 g/mol. The van der Waals surface area contributed by atoms with Crippen molar-refractivity contribution in [2.75, 3.05) is 13.1 Å². The molecular weight excluding hydrogens is 428 g/mol. The lowest BCUT2D eigenvalue weighted by atomic mass is 10.1. The molecule has 8 heteroatoms. The Hall–Kier alpha value is -3.03. The lowest BCUT2D eigenvalue weighted by Crippen LogP contribution is -2.38. The fourth-order valence-electron chi connectivity index (χ4n) is 3.96. The lowest BCUT2D eigenvalue weighted by Gasteiger charge is -2.22. The normalized spacial score (nSPS) is 15.1. The van der Waals surface area contributed by atoms with Gasteiger partial charge >= 0.3 is 0 Å². The molecule has 0 radical (unpaired) electrons. The highest BCUT2D eigenvalue weighted by molar-refractivity contribution is 5.99. The fraction of sp³-hybridized carbons (Fsp3) is 0.480.